The second kappa shape index (κ2) is 12.8. The monoisotopic (exact) mass is 562 g/mol. The number of rotatable bonds is 11. The number of aryl methyl sites for hydroxylation is 1. The molecule has 3 aliphatic rings. The molecule has 0 unspecified atom stereocenters. The zero-order valence-corrected chi connectivity index (χ0v) is 25.1. The molecular weight excluding hydrogens is 518 g/mol. The molecule has 0 amide bonds. The largest absolute Gasteiger partial charge is 0.355 e. The highest BCUT2D eigenvalue weighted by atomic mass is 19.3. The summed E-state index contributed by atoms with van der Waals surface area (Å²) in [6.07, 6.45) is 14.6. The number of hydrogen-bond donors (Lipinski definition) is 2. The van der Waals surface area contributed by atoms with Gasteiger partial charge in [-0.2, -0.15) is 8.78 Å². The van der Waals surface area contributed by atoms with Crippen molar-refractivity contribution in [2.75, 3.05) is 12.4 Å². The lowest BCUT2D eigenvalue weighted by Crippen LogP contribution is -2.43. The Kier molecular flexibility index (Phi) is 9.58. The number of hydrogen-bond acceptors (Lipinski definition) is 4. The molecule has 5 nitrogen and oxygen atoms in total. The van der Waals surface area contributed by atoms with Gasteiger partial charge in [0.15, 0.2) is 5.84 Å². The summed E-state index contributed by atoms with van der Waals surface area (Å²) >= 11 is 0. The molecule has 0 bridgehead atoms. The highest BCUT2D eigenvalue weighted by Gasteiger charge is 2.48. The van der Waals surface area contributed by atoms with Crippen LogP contribution < -0.4 is 5.32 Å². The molecule has 41 heavy (non-hydrogen) atoms. The summed E-state index contributed by atoms with van der Waals surface area (Å²) in [7, 11) is 1.75. The van der Waals surface area contributed by atoms with Gasteiger partial charge in [0.05, 0.1) is 6.10 Å². The molecule has 2 N–H and O–H groups in total. The number of allylic oxidation sites excluding steroid dienone is 6. The van der Waals surface area contributed by atoms with Gasteiger partial charge in [0, 0.05) is 54.3 Å². The second-order valence-corrected chi connectivity index (χ2v) is 12.1. The van der Waals surface area contributed by atoms with Crippen molar-refractivity contribution in [3.8, 4) is 0 Å². The topological polar surface area (TPSA) is 69.8 Å². The molecule has 0 aromatic heterocycles. The van der Waals surface area contributed by atoms with E-state index in [0.717, 1.165) is 35.2 Å². The lowest BCUT2D eigenvalue weighted by Gasteiger charge is -2.54. The average Bonchev–Trinajstić information content (AvgIpc) is 2.82. The van der Waals surface area contributed by atoms with Crippen LogP contribution in [0.2, 0.25) is 0 Å². The Balaban J connectivity index is 1.43. The van der Waals surface area contributed by atoms with E-state index in [2.05, 4.69) is 53.1 Å². The van der Waals surface area contributed by atoms with Crippen LogP contribution in [0, 0.1) is 29.6 Å². The minimum atomic E-state index is -3.12. The molecule has 0 heterocycles. The molecule has 7 heteroatoms. The number of nitrogens with one attached hydrogen (secondary N) is 2. The van der Waals surface area contributed by atoms with E-state index in [0.29, 0.717) is 29.7 Å². The van der Waals surface area contributed by atoms with Gasteiger partial charge in [-0.1, -0.05) is 49.4 Å². The lowest BCUT2D eigenvalue weighted by atomic mass is 9.50. The smallest absolute Gasteiger partial charge is 0.353 e. The van der Waals surface area contributed by atoms with Gasteiger partial charge in [0.1, 0.15) is 0 Å². The Morgan fingerprint density at radius 3 is 2.49 bits per heavy atom. The number of halogens is 2. The Bertz CT molecular complexity index is 1300. The van der Waals surface area contributed by atoms with Gasteiger partial charge in [0.2, 0.25) is 0 Å². The van der Waals surface area contributed by atoms with Crippen LogP contribution in [-0.2, 0) is 4.74 Å². The summed E-state index contributed by atoms with van der Waals surface area (Å²) in [4.78, 5) is 8.75. The van der Waals surface area contributed by atoms with E-state index in [4.69, 9.17) is 10.1 Å². The molecule has 0 saturated heterocycles. The molecule has 0 aliphatic heterocycles. The van der Waals surface area contributed by atoms with Crippen molar-refractivity contribution in [3.63, 3.8) is 0 Å². The van der Waals surface area contributed by atoms with Crippen LogP contribution in [0.25, 0.3) is 0 Å². The number of alkyl halides is 2. The van der Waals surface area contributed by atoms with Gasteiger partial charge < -0.3 is 10.1 Å². The van der Waals surface area contributed by atoms with Gasteiger partial charge in [-0.3, -0.25) is 10.4 Å². The SMILES string of the molecule is C=C(Nc1cc(C(=N)N=C(C)C2CC(OC(C)(F)F)C2)ccc1C)\C(C=NC)=C/C=C(\C=C/C)C1CC2(CCC2)C1. The maximum Gasteiger partial charge on any atom is 0.353 e. The summed E-state index contributed by atoms with van der Waals surface area (Å²) in [5.74, 6) is 0.797. The van der Waals surface area contributed by atoms with E-state index in [1.165, 1.54) is 37.7 Å². The summed E-state index contributed by atoms with van der Waals surface area (Å²) in [6, 6.07) is 5.73. The van der Waals surface area contributed by atoms with Crippen molar-refractivity contribution in [1.29, 1.82) is 5.41 Å². The van der Waals surface area contributed by atoms with Gasteiger partial charge >= 0.3 is 6.11 Å². The summed E-state index contributed by atoms with van der Waals surface area (Å²) < 4.78 is 30.9. The molecule has 3 aliphatic carbocycles. The van der Waals surface area contributed by atoms with Crippen molar-refractivity contribution in [3.05, 3.63) is 77.1 Å². The minimum absolute atomic E-state index is 0.0474. The Morgan fingerprint density at radius 2 is 1.90 bits per heavy atom. The predicted octanol–water partition coefficient (Wildman–Crippen LogP) is 8.82. The zero-order chi connectivity index (χ0) is 29.8. The van der Waals surface area contributed by atoms with E-state index in [9.17, 15) is 8.78 Å². The molecule has 1 spiro atoms. The number of benzene rings is 1. The summed E-state index contributed by atoms with van der Waals surface area (Å²) in [5, 5.41) is 12.0. The Morgan fingerprint density at radius 1 is 1.20 bits per heavy atom. The number of aliphatic imine (C=N–C) groups is 2. The molecular formula is C34H44F2N4O. The van der Waals surface area contributed by atoms with Crippen LogP contribution in [0.5, 0.6) is 0 Å². The Hall–Kier alpha value is -3.19. The van der Waals surface area contributed by atoms with Gasteiger partial charge in [-0.15, -0.1) is 0 Å². The molecule has 3 fully saturated rings. The van der Waals surface area contributed by atoms with Crippen molar-refractivity contribution in [2.45, 2.75) is 84.9 Å². The third-order valence-corrected chi connectivity index (χ3v) is 8.82. The minimum Gasteiger partial charge on any atom is -0.355 e. The molecule has 0 atom stereocenters. The zero-order valence-electron chi connectivity index (χ0n) is 25.1. The molecule has 4 rings (SSSR count). The molecule has 1 aromatic rings. The highest BCUT2D eigenvalue weighted by molar-refractivity contribution is 6.06. The van der Waals surface area contributed by atoms with Gasteiger partial charge in [0.25, 0.3) is 0 Å². The van der Waals surface area contributed by atoms with Crippen LogP contribution in [0.4, 0.5) is 14.5 Å². The van der Waals surface area contributed by atoms with Gasteiger partial charge in [-0.05, 0) is 87.8 Å². The van der Waals surface area contributed by atoms with Crippen molar-refractivity contribution in [1.82, 2.24) is 0 Å². The maximum atomic E-state index is 13.1. The number of amidine groups is 1. The van der Waals surface area contributed by atoms with Crippen LogP contribution in [-0.4, -0.2) is 37.0 Å². The molecule has 1 aromatic carbocycles. The fourth-order valence-corrected chi connectivity index (χ4v) is 6.14. The summed E-state index contributed by atoms with van der Waals surface area (Å²) in [6.45, 7) is 11.0. The fourth-order valence-electron chi connectivity index (χ4n) is 6.14. The first-order valence-corrected chi connectivity index (χ1v) is 14.7. The highest BCUT2D eigenvalue weighted by Crippen LogP contribution is 2.60. The average molecular weight is 563 g/mol. The van der Waals surface area contributed by atoms with Crippen LogP contribution in [0.3, 0.4) is 0 Å². The molecule has 220 valence electrons. The third kappa shape index (κ3) is 7.76. The number of ether oxygens (including phenoxy) is 1. The summed E-state index contributed by atoms with van der Waals surface area (Å²) in [5.41, 5.74) is 6.86. The first kappa shape index (κ1) is 30.8. The van der Waals surface area contributed by atoms with E-state index in [1.807, 2.05) is 38.3 Å². The number of anilines is 1. The lowest BCUT2D eigenvalue weighted by molar-refractivity contribution is -0.265. The van der Waals surface area contributed by atoms with E-state index in [1.54, 1.807) is 7.05 Å². The van der Waals surface area contributed by atoms with Crippen LogP contribution >= 0.6 is 0 Å². The van der Waals surface area contributed by atoms with Crippen LogP contribution in [0.15, 0.2) is 75.9 Å². The molecule has 3 saturated carbocycles. The quantitative estimate of drug-likeness (QED) is 0.161. The first-order valence-electron chi connectivity index (χ1n) is 14.7. The number of nitrogens with zero attached hydrogens (tertiary/aromatic N) is 2. The third-order valence-electron chi connectivity index (χ3n) is 8.82. The molecule has 0 radical (unpaired) electrons. The van der Waals surface area contributed by atoms with Gasteiger partial charge in [-0.25, -0.2) is 4.99 Å². The van der Waals surface area contributed by atoms with E-state index < -0.39 is 12.2 Å². The standard InChI is InChI=1S/C34H44F2N4O/c1-7-9-25(29-19-34(20-29)14-8-15-34)12-13-27(21-38-6)23(3)39-31-18-26(11-10-22(31)2)32(37)40-24(4)28-16-30(17-28)41-33(5,35)36/h7,9-13,18,21,28-30,37,39H,3,8,14-17,19-20H2,1-2,4-6H3/b9-7-,25-12+,27-13-,37-32?,38-21?,40-24?. The fraction of sp³-hybridized carbons (Fsp3) is 0.500. The maximum absolute atomic E-state index is 13.1. The Labute approximate surface area is 243 Å². The predicted molar refractivity (Wildman–Crippen MR) is 167 cm³/mol. The normalized spacial score (nSPS) is 23.4. The van der Waals surface area contributed by atoms with E-state index in [-0.39, 0.29) is 11.8 Å². The van der Waals surface area contributed by atoms with Crippen molar-refractivity contribution < 1.29 is 13.5 Å². The first-order chi connectivity index (χ1) is 19.4. The van der Waals surface area contributed by atoms with E-state index >= 15 is 0 Å². The van der Waals surface area contributed by atoms with Crippen molar-refractivity contribution in [2.24, 2.45) is 27.2 Å². The second-order valence-electron chi connectivity index (χ2n) is 12.1. The van der Waals surface area contributed by atoms with Crippen molar-refractivity contribution >= 4 is 23.4 Å². The van der Waals surface area contributed by atoms with Crippen LogP contribution in [0.1, 0.15) is 76.8 Å².